The third-order valence-corrected chi connectivity index (χ3v) is 3.14. The highest BCUT2D eigenvalue weighted by Crippen LogP contribution is 2.19. The second kappa shape index (κ2) is 6.74. The molecule has 2 rings (SSSR count). The average Bonchev–Trinajstić information content (AvgIpc) is 2.42. The van der Waals surface area contributed by atoms with E-state index in [0.29, 0.717) is 13.2 Å². The summed E-state index contributed by atoms with van der Waals surface area (Å²) in [7, 11) is 0. The molecule has 1 heterocycles. The van der Waals surface area contributed by atoms with Crippen LogP contribution in [0, 0.1) is 0 Å². The van der Waals surface area contributed by atoms with Crippen molar-refractivity contribution < 1.29 is 9.47 Å². The van der Waals surface area contributed by atoms with E-state index in [4.69, 9.17) is 15.2 Å². The number of nitrogens with two attached hydrogens (primary N) is 1. The molecular formula is C14H21NO2. The highest BCUT2D eigenvalue weighted by atomic mass is 16.5. The summed E-state index contributed by atoms with van der Waals surface area (Å²) in [5, 5.41) is 0. The van der Waals surface area contributed by atoms with Crippen LogP contribution in [0.4, 0.5) is 0 Å². The van der Waals surface area contributed by atoms with Crippen molar-refractivity contribution in [3.8, 4) is 0 Å². The van der Waals surface area contributed by atoms with Gasteiger partial charge in [0.15, 0.2) is 0 Å². The Hall–Kier alpha value is -0.900. The van der Waals surface area contributed by atoms with Crippen molar-refractivity contribution in [1.29, 1.82) is 0 Å². The standard InChI is InChI=1S/C14H21NO2/c15-10-14(12-6-2-1-3-7-12)17-11-13-8-4-5-9-16-13/h1-3,6-7,13-14H,4-5,8-11,15H2. The fourth-order valence-electron chi connectivity index (χ4n) is 2.13. The molecule has 1 aromatic carbocycles. The molecule has 1 aliphatic heterocycles. The van der Waals surface area contributed by atoms with Gasteiger partial charge in [-0.05, 0) is 24.8 Å². The third kappa shape index (κ3) is 3.80. The Labute approximate surface area is 103 Å². The van der Waals surface area contributed by atoms with Crippen LogP contribution in [0.2, 0.25) is 0 Å². The van der Waals surface area contributed by atoms with Crippen LogP contribution in [0.3, 0.4) is 0 Å². The first-order valence-electron chi connectivity index (χ1n) is 6.38. The number of benzene rings is 1. The van der Waals surface area contributed by atoms with Crippen LogP contribution in [0.1, 0.15) is 30.9 Å². The number of ether oxygens (including phenoxy) is 2. The zero-order valence-corrected chi connectivity index (χ0v) is 10.2. The molecule has 94 valence electrons. The van der Waals surface area contributed by atoms with Gasteiger partial charge < -0.3 is 15.2 Å². The second-order valence-corrected chi connectivity index (χ2v) is 4.46. The smallest absolute Gasteiger partial charge is 0.0948 e. The molecule has 2 unspecified atom stereocenters. The molecule has 0 aromatic heterocycles. The summed E-state index contributed by atoms with van der Waals surface area (Å²) in [6, 6.07) is 10.1. The summed E-state index contributed by atoms with van der Waals surface area (Å²) in [5.74, 6) is 0. The lowest BCUT2D eigenvalue weighted by atomic mass is 10.1. The van der Waals surface area contributed by atoms with Crippen molar-refractivity contribution in [3.63, 3.8) is 0 Å². The Morgan fingerprint density at radius 3 is 2.76 bits per heavy atom. The van der Waals surface area contributed by atoms with E-state index in [0.717, 1.165) is 18.6 Å². The first-order chi connectivity index (χ1) is 8.40. The first-order valence-corrected chi connectivity index (χ1v) is 6.38. The molecule has 0 aliphatic carbocycles. The van der Waals surface area contributed by atoms with Crippen molar-refractivity contribution in [3.05, 3.63) is 35.9 Å². The molecule has 2 atom stereocenters. The maximum Gasteiger partial charge on any atom is 0.0948 e. The largest absolute Gasteiger partial charge is 0.376 e. The van der Waals surface area contributed by atoms with Gasteiger partial charge in [-0.1, -0.05) is 30.3 Å². The molecule has 1 aromatic rings. The van der Waals surface area contributed by atoms with Gasteiger partial charge in [0.05, 0.1) is 18.8 Å². The third-order valence-electron chi connectivity index (χ3n) is 3.14. The minimum atomic E-state index is -0.0123. The van der Waals surface area contributed by atoms with Gasteiger partial charge in [-0.3, -0.25) is 0 Å². The minimum absolute atomic E-state index is 0.0123. The zero-order chi connectivity index (χ0) is 11.9. The van der Waals surface area contributed by atoms with Gasteiger partial charge in [-0.15, -0.1) is 0 Å². The number of hydrogen-bond donors (Lipinski definition) is 1. The minimum Gasteiger partial charge on any atom is -0.376 e. The monoisotopic (exact) mass is 235 g/mol. The summed E-state index contributed by atoms with van der Waals surface area (Å²) in [6.07, 6.45) is 3.76. The first kappa shape index (κ1) is 12.6. The van der Waals surface area contributed by atoms with Crippen molar-refractivity contribution in [2.75, 3.05) is 19.8 Å². The highest BCUT2D eigenvalue weighted by Gasteiger charge is 2.17. The number of rotatable bonds is 5. The van der Waals surface area contributed by atoms with E-state index in [1.54, 1.807) is 0 Å². The Balaban J connectivity index is 1.83. The summed E-state index contributed by atoms with van der Waals surface area (Å²) in [5.41, 5.74) is 6.90. The lowest BCUT2D eigenvalue weighted by Crippen LogP contribution is -2.27. The topological polar surface area (TPSA) is 44.5 Å². The van der Waals surface area contributed by atoms with Gasteiger partial charge in [-0.2, -0.15) is 0 Å². The lowest BCUT2D eigenvalue weighted by molar-refractivity contribution is -0.0617. The molecule has 0 saturated carbocycles. The average molecular weight is 235 g/mol. The molecule has 1 saturated heterocycles. The van der Waals surface area contributed by atoms with Gasteiger partial charge in [0.1, 0.15) is 0 Å². The van der Waals surface area contributed by atoms with Crippen LogP contribution in [0.15, 0.2) is 30.3 Å². The van der Waals surface area contributed by atoms with Crippen LogP contribution < -0.4 is 5.73 Å². The Morgan fingerprint density at radius 1 is 1.29 bits per heavy atom. The number of hydrogen-bond acceptors (Lipinski definition) is 3. The molecule has 0 amide bonds. The second-order valence-electron chi connectivity index (χ2n) is 4.46. The summed E-state index contributed by atoms with van der Waals surface area (Å²) in [4.78, 5) is 0. The van der Waals surface area contributed by atoms with Crippen LogP contribution in [0.5, 0.6) is 0 Å². The van der Waals surface area contributed by atoms with Crippen LogP contribution in [0.25, 0.3) is 0 Å². The van der Waals surface area contributed by atoms with Crippen molar-refractivity contribution in [2.45, 2.75) is 31.5 Å². The molecule has 1 fully saturated rings. The molecule has 0 bridgehead atoms. The molecule has 0 radical (unpaired) electrons. The van der Waals surface area contributed by atoms with Crippen LogP contribution >= 0.6 is 0 Å². The van der Waals surface area contributed by atoms with E-state index in [1.807, 2.05) is 18.2 Å². The Morgan fingerprint density at radius 2 is 2.12 bits per heavy atom. The van der Waals surface area contributed by atoms with Crippen molar-refractivity contribution in [1.82, 2.24) is 0 Å². The van der Waals surface area contributed by atoms with E-state index in [-0.39, 0.29) is 12.2 Å². The Kier molecular flexibility index (Phi) is 4.98. The lowest BCUT2D eigenvalue weighted by Gasteiger charge is -2.25. The molecule has 3 nitrogen and oxygen atoms in total. The molecule has 1 aliphatic rings. The SMILES string of the molecule is NCC(OCC1CCCCO1)c1ccccc1. The van der Waals surface area contributed by atoms with Crippen LogP contribution in [-0.4, -0.2) is 25.9 Å². The maximum absolute atomic E-state index is 5.87. The summed E-state index contributed by atoms with van der Waals surface area (Å²) in [6.45, 7) is 2.03. The van der Waals surface area contributed by atoms with Gasteiger partial charge in [-0.25, -0.2) is 0 Å². The van der Waals surface area contributed by atoms with Gasteiger partial charge >= 0.3 is 0 Å². The van der Waals surface area contributed by atoms with Gasteiger partial charge in [0.2, 0.25) is 0 Å². The van der Waals surface area contributed by atoms with E-state index in [1.165, 1.54) is 12.8 Å². The van der Waals surface area contributed by atoms with E-state index >= 15 is 0 Å². The van der Waals surface area contributed by atoms with Gasteiger partial charge in [0, 0.05) is 13.2 Å². The highest BCUT2D eigenvalue weighted by molar-refractivity contribution is 5.17. The molecular weight excluding hydrogens is 214 g/mol. The predicted octanol–water partition coefficient (Wildman–Crippen LogP) is 2.27. The molecule has 0 spiro atoms. The zero-order valence-electron chi connectivity index (χ0n) is 10.2. The van der Waals surface area contributed by atoms with Crippen LogP contribution in [-0.2, 0) is 9.47 Å². The van der Waals surface area contributed by atoms with Gasteiger partial charge in [0.25, 0.3) is 0 Å². The van der Waals surface area contributed by atoms with E-state index in [9.17, 15) is 0 Å². The maximum atomic E-state index is 5.87. The fraction of sp³-hybridized carbons (Fsp3) is 0.571. The summed E-state index contributed by atoms with van der Waals surface area (Å²) < 4.78 is 11.5. The van der Waals surface area contributed by atoms with Crippen molar-refractivity contribution in [2.24, 2.45) is 5.73 Å². The quantitative estimate of drug-likeness (QED) is 0.851. The molecule has 17 heavy (non-hydrogen) atoms. The predicted molar refractivity (Wildman–Crippen MR) is 67.8 cm³/mol. The fourth-order valence-corrected chi connectivity index (χ4v) is 2.13. The van der Waals surface area contributed by atoms with Crippen molar-refractivity contribution >= 4 is 0 Å². The summed E-state index contributed by atoms with van der Waals surface area (Å²) >= 11 is 0. The van der Waals surface area contributed by atoms with E-state index < -0.39 is 0 Å². The molecule has 3 heteroatoms. The molecule has 2 N–H and O–H groups in total. The van der Waals surface area contributed by atoms with E-state index in [2.05, 4.69) is 12.1 Å². The Bertz CT molecular complexity index is 309. The normalized spacial score (nSPS) is 22.3.